The van der Waals surface area contributed by atoms with Gasteiger partial charge in [-0.25, -0.2) is 8.42 Å². The molecule has 0 bridgehead atoms. The Hall–Kier alpha value is -3.19. The maximum absolute atomic E-state index is 13.4. The highest BCUT2D eigenvalue weighted by atomic mass is 32.2. The second kappa shape index (κ2) is 12.8. The zero-order chi connectivity index (χ0) is 29.8. The summed E-state index contributed by atoms with van der Waals surface area (Å²) in [5, 5.41) is 11.8. The van der Waals surface area contributed by atoms with Crippen LogP contribution >= 0.6 is 11.3 Å². The summed E-state index contributed by atoms with van der Waals surface area (Å²) in [5.41, 5.74) is -0.199. The van der Waals surface area contributed by atoms with E-state index in [4.69, 9.17) is 4.74 Å². The number of amides is 1. The normalized spacial score (nSPS) is 15.5. The Morgan fingerprint density at radius 1 is 1.07 bits per heavy atom. The van der Waals surface area contributed by atoms with E-state index < -0.39 is 33.7 Å². The summed E-state index contributed by atoms with van der Waals surface area (Å²) in [4.78, 5) is 13.4. The fourth-order valence-corrected chi connectivity index (χ4v) is 6.83. The first-order valence-corrected chi connectivity index (χ1v) is 15.8. The van der Waals surface area contributed by atoms with E-state index in [1.165, 1.54) is 23.5 Å². The molecule has 2 N–H and O–H groups in total. The van der Waals surface area contributed by atoms with Crippen molar-refractivity contribution >= 4 is 32.4 Å². The lowest BCUT2D eigenvalue weighted by atomic mass is 9.81. The molecular weight excluding hydrogens is 577 g/mol. The SMILES string of the molecule is CCOc1cc(C(F)(F)F)ccc1C(=O)NC(c1ccc(S(=O)(=O)Nc2nnc(C(C)C)s2)cc1)C1CCCCC1. The second-order valence-electron chi connectivity index (χ2n) is 10.3. The van der Waals surface area contributed by atoms with Crippen LogP contribution in [0.25, 0.3) is 0 Å². The molecule has 1 fully saturated rings. The molecule has 41 heavy (non-hydrogen) atoms. The minimum atomic E-state index is -4.57. The first kappa shape index (κ1) is 30.8. The van der Waals surface area contributed by atoms with E-state index in [9.17, 15) is 26.4 Å². The molecule has 0 spiro atoms. The maximum atomic E-state index is 13.4. The third-order valence-corrected chi connectivity index (χ3v) is 9.59. The number of rotatable bonds is 10. The van der Waals surface area contributed by atoms with Gasteiger partial charge in [0.1, 0.15) is 10.8 Å². The summed E-state index contributed by atoms with van der Waals surface area (Å²) in [6.45, 7) is 5.60. The van der Waals surface area contributed by atoms with E-state index in [1.807, 2.05) is 13.8 Å². The summed E-state index contributed by atoms with van der Waals surface area (Å²) in [7, 11) is -3.93. The van der Waals surface area contributed by atoms with Gasteiger partial charge in [0, 0.05) is 5.92 Å². The number of halogens is 3. The zero-order valence-electron chi connectivity index (χ0n) is 23.0. The molecule has 0 saturated heterocycles. The molecule has 1 amide bonds. The quantitative estimate of drug-likeness (QED) is 0.258. The van der Waals surface area contributed by atoms with Crippen LogP contribution in [-0.2, 0) is 16.2 Å². The van der Waals surface area contributed by atoms with Crippen LogP contribution in [0.3, 0.4) is 0 Å². The minimum absolute atomic E-state index is 0.00174. The molecule has 1 aliphatic rings. The molecule has 0 aliphatic heterocycles. The van der Waals surface area contributed by atoms with Crippen LogP contribution in [-0.4, -0.2) is 31.1 Å². The fraction of sp³-hybridized carbons (Fsp3) is 0.464. The van der Waals surface area contributed by atoms with Gasteiger partial charge >= 0.3 is 6.18 Å². The molecule has 4 rings (SSSR count). The lowest BCUT2D eigenvalue weighted by Gasteiger charge is -2.31. The van der Waals surface area contributed by atoms with Crippen LogP contribution in [0, 0.1) is 5.92 Å². The first-order chi connectivity index (χ1) is 19.4. The number of hydrogen-bond donors (Lipinski definition) is 2. The van der Waals surface area contributed by atoms with Crippen molar-refractivity contribution in [2.24, 2.45) is 5.92 Å². The minimum Gasteiger partial charge on any atom is -0.493 e. The number of carbonyl (C=O) groups is 1. The number of ether oxygens (including phenoxy) is 1. The highest BCUT2D eigenvalue weighted by Crippen LogP contribution is 2.37. The smallest absolute Gasteiger partial charge is 0.416 e. The van der Waals surface area contributed by atoms with Crippen LogP contribution in [0.1, 0.15) is 91.3 Å². The van der Waals surface area contributed by atoms with Gasteiger partial charge in [0.25, 0.3) is 15.9 Å². The van der Waals surface area contributed by atoms with E-state index in [0.717, 1.165) is 50.3 Å². The summed E-state index contributed by atoms with van der Waals surface area (Å²) in [6.07, 6.45) is 0.184. The number of alkyl halides is 3. The third-order valence-electron chi connectivity index (χ3n) is 6.97. The molecule has 1 saturated carbocycles. The van der Waals surface area contributed by atoms with Crippen molar-refractivity contribution in [3.05, 3.63) is 64.2 Å². The van der Waals surface area contributed by atoms with Gasteiger partial charge in [0.05, 0.1) is 28.7 Å². The van der Waals surface area contributed by atoms with Crippen LogP contribution in [0.5, 0.6) is 5.75 Å². The highest BCUT2D eigenvalue weighted by Gasteiger charge is 2.33. The van der Waals surface area contributed by atoms with Gasteiger partial charge in [-0.1, -0.05) is 56.6 Å². The van der Waals surface area contributed by atoms with Crippen molar-refractivity contribution in [1.82, 2.24) is 15.5 Å². The van der Waals surface area contributed by atoms with Crippen molar-refractivity contribution in [2.45, 2.75) is 75.9 Å². The molecule has 0 radical (unpaired) electrons. The topological polar surface area (TPSA) is 110 Å². The molecular formula is C28H33F3N4O4S2. The number of benzene rings is 2. The molecule has 1 aromatic heterocycles. The van der Waals surface area contributed by atoms with Crippen molar-refractivity contribution in [1.29, 1.82) is 0 Å². The number of nitrogens with one attached hydrogen (secondary N) is 2. The van der Waals surface area contributed by atoms with Gasteiger partial charge in [-0.2, -0.15) is 13.2 Å². The lowest BCUT2D eigenvalue weighted by molar-refractivity contribution is -0.137. The number of nitrogens with zero attached hydrogens (tertiary/aromatic N) is 2. The predicted octanol–water partition coefficient (Wildman–Crippen LogP) is 6.93. The van der Waals surface area contributed by atoms with Gasteiger partial charge in [-0.05, 0) is 61.6 Å². The van der Waals surface area contributed by atoms with Crippen LogP contribution in [0.2, 0.25) is 0 Å². The van der Waals surface area contributed by atoms with Crippen molar-refractivity contribution in [2.75, 3.05) is 11.3 Å². The largest absolute Gasteiger partial charge is 0.493 e. The summed E-state index contributed by atoms with van der Waals surface area (Å²) in [6, 6.07) is 8.60. The Morgan fingerprint density at radius 2 is 1.76 bits per heavy atom. The van der Waals surface area contributed by atoms with Crippen LogP contribution < -0.4 is 14.8 Å². The van der Waals surface area contributed by atoms with E-state index in [-0.39, 0.29) is 39.8 Å². The number of aromatic nitrogens is 2. The van der Waals surface area contributed by atoms with Gasteiger partial charge < -0.3 is 10.1 Å². The summed E-state index contributed by atoms with van der Waals surface area (Å²) in [5.74, 6) is -0.515. The Bertz CT molecular complexity index is 1450. The van der Waals surface area contributed by atoms with Gasteiger partial charge in [0.15, 0.2) is 0 Å². The third kappa shape index (κ3) is 7.56. The lowest BCUT2D eigenvalue weighted by Crippen LogP contribution is -2.34. The number of anilines is 1. The summed E-state index contributed by atoms with van der Waals surface area (Å²) < 4.78 is 73.7. The van der Waals surface area contributed by atoms with Crippen molar-refractivity contribution < 1.29 is 31.1 Å². The summed E-state index contributed by atoms with van der Waals surface area (Å²) >= 11 is 1.17. The van der Waals surface area contributed by atoms with E-state index in [1.54, 1.807) is 19.1 Å². The predicted molar refractivity (Wildman–Crippen MR) is 151 cm³/mol. The van der Waals surface area contributed by atoms with Crippen molar-refractivity contribution in [3.63, 3.8) is 0 Å². The molecule has 3 aromatic rings. The molecule has 8 nitrogen and oxygen atoms in total. The fourth-order valence-electron chi connectivity index (χ4n) is 4.86. The Balaban J connectivity index is 1.59. The molecule has 1 aliphatic carbocycles. The average molecular weight is 611 g/mol. The van der Waals surface area contributed by atoms with E-state index in [0.29, 0.717) is 10.6 Å². The van der Waals surface area contributed by atoms with Crippen LogP contribution in [0.4, 0.5) is 18.3 Å². The molecule has 2 aromatic carbocycles. The molecule has 1 atom stereocenters. The molecule has 1 heterocycles. The maximum Gasteiger partial charge on any atom is 0.416 e. The monoisotopic (exact) mass is 610 g/mol. The van der Waals surface area contributed by atoms with Gasteiger partial charge in [-0.3, -0.25) is 9.52 Å². The van der Waals surface area contributed by atoms with E-state index >= 15 is 0 Å². The van der Waals surface area contributed by atoms with Crippen molar-refractivity contribution in [3.8, 4) is 5.75 Å². The zero-order valence-corrected chi connectivity index (χ0v) is 24.6. The number of hydrogen-bond acceptors (Lipinski definition) is 7. The van der Waals surface area contributed by atoms with E-state index in [2.05, 4.69) is 20.2 Å². The van der Waals surface area contributed by atoms with Crippen LogP contribution in [0.15, 0.2) is 47.4 Å². The average Bonchev–Trinajstić information content (AvgIpc) is 3.40. The van der Waals surface area contributed by atoms with Gasteiger partial charge in [-0.15, -0.1) is 10.2 Å². The number of sulfonamides is 1. The Labute approximate surface area is 241 Å². The highest BCUT2D eigenvalue weighted by molar-refractivity contribution is 7.93. The first-order valence-electron chi connectivity index (χ1n) is 13.5. The standard InChI is InChI=1S/C28H33F3N4O4S2/c1-4-39-23-16-20(28(29,30)31)12-15-22(23)25(36)32-24(18-8-6-5-7-9-18)19-10-13-21(14-11-19)41(37,38)35-27-34-33-26(40-27)17(2)3/h10-18,24H,4-9H2,1-3H3,(H,32,36)(H,34,35). The second-order valence-corrected chi connectivity index (χ2v) is 13.0. The molecule has 1 unspecified atom stereocenters. The number of carbonyl (C=O) groups excluding carboxylic acids is 1. The molecule has 13 heteroatoms. The van der Waals surface area contributed by atoms with Gasteiger partial charge in [0.2, 0.25) is 5.13 Å². The Kier molecular flexibility index (Phi) is 9.58. The Morgan fingerprint density at radius 3 is 2.34 bits per heavy atom. The molecule has 222 valence electrons.